The predicted molar refractivity (Wildman–Crippen MR) is 108 cm³/mol. The molecule has 1 unspecified atom stereocenters. The molecule has 5 rings (SSSR count). The number of nitrogens with zero attached hydrogens (tertiary/aromatic N) is 3. The fourth-order valence-corrected chi connectivity index (χ4v) is 5.44. The first-order valence-electron chi connectivity index (χ1n) is 10.7. The summed E-state index contributed by atoms with van der Waals surface area (Å²) in [7, 11) is 2.13. The smallest absolute Gasteiger partial charge is 0.312 e. The van der Waals surface area contributed by atoms with Gasteiger partial charge in [0.2, 0.25) is 0 Å². The van der Waals surface area contributed by atoms with Crippen LogP contribution in [0.1, 0.15) is 43.8 Å². The van der Waals surface area contributed by atoms with Gasteiger partial charge in [0.25, 0.3) is 0 Å². The quantitative estimate of drug-likeness (QED) is 0.827. The number of hydrogen-bond donors (Lipinski definition) is 1. The molecule has 150 valence electrons. The number of piperidine rings is 2. The molecule has 6 heteroatoms. The summed E-state index contributed by atoms with van der Waals surface area (Å²) < 4.78 is 8.06. The number of imidazole rings is 1. The molecular formula is C22H30N4O2. The van der Waals surface area contributed by atoms with Crippen LogP contribution >= 0.6 is 0 Å². The van der Waals surface area contributed by atoms with Crippen molar-refractivity contribution in [3.05, 3.63) is 30.1 Å². The number of nitrogens with one attached hydrogen (secondary N) is 1. The van der Waals surface area contributed by atoms with Crippen LogP contribution in [0, 0.1) is 5.41 Å². The molecule has 1 atom stereocenters. The first-order valence-corrected chi connectivity index (χ1v) is 10.7. The lowest BCUT2D eigenvalue weighted by Gasteiger charge is -2.33. The molecule has 1 spiro atoms. The minimum atomic E-state index is -0.207. The Bertz CT molecular complexity index is 863. The number of carbonyl (C=O) groups is 1. The van der Waals surface area contributed by atoms with Crippen LogP contribution in [0.5, 0.6) is 0 Å². The van der Waals surface area contributed by atoms with Crippen LogP contribution in [0.25, 0.3) is 11.0 Å². The third kappa shape index (κ3) is 3.12. The Morgan fingerprint density at radius 2 is 1.96 bits per heavy atom. The Balaban J connectivity index is 1.20. The second kappa shape index (κ2) is 7.16. The Morgan fingerprint density at radius 3 is 2.71 bits per heavy atom. The number of aryl methyl sites for hydroxylation is 1. The largest absolute Gasteiger partial charge is 0.461 e. The van der Waals surface area contributed by atoms with Gasteiger partial charge in [-0.1, -0.05) is 12.1 Å². The molecule has 28 heavy (non-hydrogen) atoms. The highest BCUT2D eigenvalue weighted by Gasteiger charge is 2.49. The maximum Gasteiger partial charge on any atom is 0.312 e. The number of aromatic nitrogens is 2. The van der Waals surface area contributed by atoms with Gasteiger partial charge in [-0.15, -0.1) is 0 Å². The lowest BCUT2D eigenvalue weighted by molar-refractivity contribution is -0.150. The summed E-state index contributed by atoms with van der Waals surface area (Å²) in [5, 5.41) is 3.36. The zero-order valence-corrected chi connectivity index (χ0v) is 16.7. The van der Waals surface area contributed by atoms with Gasteiger partial charge in [-0.25, -0.2) is 4.98 Å². The summed E-state index contributed by atoms with van der Waals surface area (Å²) in [6.07, 6.45) is 5.06. The van der Waals surface area contributed by atoms with Crippen LogP contribution in [0.15, 0.2) is 24.3 Å². The SMILES string of the molecule is Cn1c(C2CCN(CC3CC4(CCNCC4)C(=O)O3)CC2)nc2ccccc21. The highest BCUT2D eigenvalue weighted by molar-refractivity contribution is 5.79. The van der Waals surface area contributed by atoms with Gasteiger partial charge in [0.1, 0.15) is 11.9 Å². The van der Waals surface area contributed by atoms with Crippen LogP contribution < -0.4 is 5.32 Å². The fraction of sp³-hybridized carbons (Fsp3) is 0.636. The summed E-state index contributed by atoms with van der Waals surface area (Å²) in [6, 6.07) is 8.37. The number of fused-ring (bicyclic) bond motifs is 1. The second-order valence-corrected chi connectivity index (χ2v) is 8.85. The number of ether oxygens (including phenoxy) is 1. The molecule has 0 amide bonds. The average molecular weight is 383 g/mol. The van der Waals surface area contributed by atoms with Crippen LogP contribution in [0.4, 0.5) is 0 Å². The van der Waals surface area contributed by atoms with Crippen molar-refractivity contribution in [1.82, 2.24) is 19.8 Å². The van der Waals surface area contributed by atoms with Crippen molar-refractivity contribution in [3.63, 3.8) is 0 Å². The molecule has 0 aliphatic carbocycles. The van der Waals surface area contributed by atoms with Gasteiger partial charge in [-0.3, -0.25) is 9.69 Å². The van der Waals surface area contributed by atoms with E-state index in [1.807, 2.05) is 0 Å². The predicted octanol–water partition coefficient (Wildman–Crippen LogP) is 2.44. The fourth-order valence-electron chi connectivity index (χ4n) is 5.44. The van der Waals surface area contributed by atoms with Crippen molar-refractivity contribution in [2.45, 2.75) is 44.1 Å². The normalized spacial score (nSPS) is 26.2. The van der Waals surface area contributed by atoms with Gasteiger partial charge in [0, 0.05) is 25.9 Å². The van der Waals surface area contributed by atoms with Gasteiger partial charge in [-0.05, 0) is 64.0 Å². The van der Waals surface area contributed by atoms with E-state index in [-0.39, 0.29) is 17.5 Å². The minimum absolute atomic E-state index is 0.0496. The summed E-state index contributed by atoms with van der Waals surface area (Å²) in [4.78, 5) is 19.9. The summed E-state index contributed by atoms with van der Waals surface area (Å²) in [5.41, 5.74) is 2.10. The van der Waals surface area contributed by atoms with Crippen molar-refractivity contribution in [1.29, 1.82) is 0 Å². The Labute approximate surface area is 166 Å². The molecule has 0 saturated carbocycles. The van der Waals surface area contributed by atoms with E-state index < -0.39 is 0 Å². The van der Waals surface area contributed by atoms with E-state index in [2.05, 4.69) is 46.1 Å². The molecule has 3 saturated heterocycles. The first-order chi connectivity index (χ1) is 13.6. The van der Waals surface area contributed by atoms with E-state index in [1.54, 1.807) is 0 Å². The number of esters is 1. The van der Waals surface area contributed by atoms with Gasteiger partial charge < -0.3 is 14.6 Å². The van der Waals surface area contributed by atoms with Gasteiger partial charge in [0.05, 0.1) is 16.4 Å². The maximum absolute atomic E-state index is 12.5. The van der Waals surface area contributed by atoms with E-state index in [0.717, 1.165) is 70.3 Å². The van der Waals surface area contributed by atoms with Gasteiger partial charge >= 0.3 is 5.97 Å². The maximum atomic E-state index is 12.5. The standard InChI is InChI=1S/C22H30N4O2/c1-25-19-5-3-2-4-18(19)24-20(25)16-6-12-26(13-7-16)15-17-14-22(21(27)28-17)8-10-23-11-9-22/h2-5,16-17,23H,6-15H2,1H3. The zero-order chi connectivity index (χ0) is 19.1. The van der Waals surface area contributed by atoms with Gasteiger partial charge in [-0.2, -0.15) is 0 Å². The molecule has 6 nitrogen and oxygen atoms in total. The Morgan fingerprint density at radius 1 is 1.21 bits per heavy atom. The third-order valence-corrected chi connectivity index (χ3v) is 7.12. The molecular weight excluding hydrogens is 352 g/mol. The highest BCUT2D eigenvalue weighted by Crippen LogP contribution is 2.42. The monoisotopic (exact) mass is 382 g/mol. The summed E-state index contributed by atoms with van der Waals surface area (Å²) >= 11 is 0. The van der Waals surface area contributed by atoms with Crippen molar-refractivity contribution in [2.24, 2.45) is 12.5 Å². The molecule has 1 aromatic heterocycles. The lowest BCUT2D eigenvalue weighted by Crippen LogP contribution is -2.40. The molecule has 3 fully saturated rings. The van der Waals surface area contributed by atoms with Crippen molar-refractivity contribution in [3.8, 4) is 0 Å². The molecule has 0 bridgehead atoms. The second-order valence-electron chi connectivity index (χ2n) is 8.85. The van der Waals surface area contributed by atoms with Gasteiger partial charge in [0.15, 0.2) is 0 Å². The number of rotatable bonds is 3. The van der Waals surface area contributed by atoms with E-state index in [4.69, 9.17) is 9.72 Å². The van der Waals surface area contributed by atoms with Crippen molar-refractivity contribution in [2.75, 3.05) is 32.7 Å². The van der Waals surface area contributed by atoms with Crippen LogP contribution in [-0.2, 0) is 16.6 Å². The average Bonchev–Trinajstić information content (AvgIpc) is 3.20. The minimum Gasteiger partial charge on any atom is -0.461 e. The van der Waals surface area contributed by atoms with Crippen LogP contribution in [0.3, 0.4) is 0 Å². The molecule has 4 heterocycles. The molecule has 1 N–H and O–H groups in total. The number of benzene rings is 1. The Kier molecular flexibility index (Phi) is 4.63. The first kappa shape index (κ1) is 18.1. The molecule has 3 aliphatic rings. The number of carbonyl (C=O) groups excluding carboxylic acids is 1. The number of para-hydroxylation sites is 2. The topological polar surface area (TPSA) is 59.4 Å². The zero-order valence-electron chi connectivity index (χ0n) is 16.7. The Hall–Kier alpha value is -1.92. The van der Waals surface area contributed by atoms with Crippen molar-refractivity contribution >= 4 is 17.0 Å². The summed E-state index contributed by atoms with van der Waals surface area (Å²) in [5.74, 6) is 1.77. The molecule has 3 aliphatic heterocycles. The van der Waals surface area contributed by atoms with E-state index in [0.29, 0.717) is 5.92 Å². The lowest BCUT2D eigenvalue weighted by atomic mass is 9.76. The highest BCUT2D eigenvalue weighted by atomic mass is 16.6. The van der Waals surface area contributed by atoms with Crippen molar-refractivity contribution < 1.29 is 9.53 Å². The number of cyclic esters (lactones) is 1. The van der Waals surface area contributed by atoms with E-state index in [1.165, 1.54) is 11.3 Å². The number of hydrogen-bond acceptors (Lipinski definition) is 5. The van der Waals surface area contributed by atoms with E-state index in [9.17, 15) is 4.79 Å². The molecule has 0 radical (unpaired) electrons. The van der Waals surface area contributed by atoms with Crippen LogP contribution in [0.2, 0.25) is 0 Å². The number of likely N-dealkylation sites (tertiary alicyclic amines) is 1. The van der Waals surface area contributed by atoms with Crippen LogP contribution in [-0.4, -0.2) is 59.2 Å². The summed E-state index contributed by atoms with van der Waals surface area (Å²) in [6.45, 7) is 4.86. The molecule has 2 aromatic rings. The molecule has 1 aromatic carbocycles. The van der Waals surface area contributed by atoms with E-state index >= 15 is 0 Å². The third-order valence-electron chi connectivity index (χ3n) is 7.12.